The van der Waals surface area contributed by atoms with Crippen LogP contribution in [0.4, 0.5) is 4.39 Å². The lowest BCUT2D eigenvalue weighted by molar-refractivity contribution is 0.0575. The first kappa shape index (κ1) is 15.5. The van der Waals surface area contributed by atoms with Gasteiger partial charge in [-0.25, -0.2) is 4.39 Å². The number of hydrogen-bond acceptors (Lipinski definition) is 2. The smallest absolute Gasteiger partial charge is 0.123 e. The minimum absolute atomic E-state index is 0.114. The summed E-state index contributed by atoms with van der Waals surface area (Å²) in [5.41, 5.74) is 0.495. The van der Waals surface area contributed by atoms with Gasteiger partial charge in [-0.2, -0.15) is 0 Å². The Morgan fingerprint density at radius 2 is 1.81 bits per heavy atom. The maximum Gasteiger partial charge on any atom is 0.123 e. The van der Waals surface area contributed by atoms with Gasteiger partial charge >= 0.3 is 0 Å². The highest BCUT2D eigenvalue weighted by molar-refractivity contribution is 5.32. The lowest BCUT2D eigenvalue weighted by atomic mass is 9.89. The van der Waals surface area contributed by atoms with Crippen molar-refractivity contribution in [3.05, 3.63) is 65.5 Å². The second-order valence-corrected chi connectivity index (χ2v) is 5.77. The third-order valence-electron chi connectivity index (χ3n) is 3.29. The summed E-state index contributed by atoms with van der Waals surface area (Å²) in [5.74, 6) is 0.485. The number of rotatable bonds is 5. The van der Waals surface area contributed by atoms with Crippen molar-refractivity contribution in [3.63, 3.8) is 0 Å². The van der Waals surface area contributed by atoms with Gasteiger partial charge in [0.2, 0.25) is 0 Å². The molecular weight excluding hydrogens is 267 g/mol. The molecule has 0 bridgehead atoms. The molecule has 0 saturated carbocycles. The Balaban J connectivity index is 2.15. The quantitative estimate of drug-likeness (QED) is 0.899. The van der Waals surface area contributed by atoms with Crippen molar-refractivity contribution in [1.82, 2.24) is 0 Å². The second-order valence-electron chi connectivity index (χ2n) is 5.77. The van der Waals surface area contributed by atoms with E-state index in [2.05, 4.69) is 0 Å². The molecular formula is C18H21FO2. The Morgan fingerprint density at radius 3 is 2.38 bits per heavy atom. The first-order chi connectivity index (χ1) is 9.87. The highest BCUT2D eigenvalue weighted by atomic mass is 19.1. The topological polar surface area (TPSA) is 29.5 Å². The van der Waals surface area contributed by atoms with Gasteiger partial charge in [0.1, 0.15) is 11.6 Å². The van der Waals surface area contributed by atoms with Crippen LogP contribution in [-0.2, 0) is 12.0 Å². The first-order valence-corrected chi connectivity index (χ1v) is 7.11. The fourth-order valence-corrected chi connectivity index (χ4v) is 2.31. The molecule has 0 aliphatic carbocycles. The van der Waals surface area contributed by atoms with Crippen LogP contribution >= 0.6 is 0 Å². The SMILES string of the molecule is CC(C)Oc1ccc(C(C)(O)Cc2cccc(F)c2)cc1. The van der Waals surface area contributed by atoms with E-state index in [1.54, 1.807) is 13.0 Å². The number of benzene rings is 2. The summed E-state index contributed by atoms with van der Waals surface area (Å²) in [5, 5.41) is 10.6. The van der Waals surface area contributed by atoms with Crippen LogP contribution in [0.5, 0.6) is 5.75 Å². The molecule has 0 radical (unpaired) electrons. The monoisotopic (exact) mass is 288 g/mol. The fraction of sp³-hybridized carbons (Fsp3) is 0.333. The fourth-order valence-electron chi connectivity index (χ4n) is 2.31. The Morgan fingerprint density at radius 1 is 1.14 bits per heavy atom. The molecule has 3 heteroatoms. The van der Waals surface area contributed by atoms with Crippen molar-refractivity contribution in [1.29, 1.82) is 0 Å². The van der Waals surface area contributed by atoms with Crippen LogP contribution in [0.25, 0.3) is 0 Å². The van der Waals surface area contributed by atoms with Crippen molar-refractivity contribution >= 4 is 0 Å². The minimum Gasteiger partial charge on any atom is -0.491 e. The summed E-state index contributed by atoms with van der Waals surface area (Å²) in [4.78, 5) is 0. The third-order valence-corrected chi connectivity index (χ3v) is 3.29. The van der Waals surface area contributed by atoms with Crippen LogP contribution < -0.4 is 4.74 Å². The van der Waals surface area contributed by atoms with E-state index in [0.717, 1.165) is 16.9 Å². The molecule has 0 aromatic heterocycles. The standard InChI is InChI=1S/C18H21FO2/c1-13(2)21-17-9-7-15(8-10-17)18(3,20)12-14-5-4-6-16(19)11-14/h4-11,13,20H,12H2,1-3H3. The van der Waals surface area contributed by atoms with Gasteiger partial charge in [-0.05, 0) is 56.2 Å². The minimum atomic E-state index is -1.05. The van der Waals surface area contributed by atoms with Crippen molar-refractivity contribution in [3.8, 4) is 5.75 Å². The van der Waals surface area contributed by atoms with Crippen molar-refractivity contribution < 1.29 is 14.2 Å². The van der Waals surface area contributed by atoms with E-state index in [0.29, 0.717) is 6.42 Å². The van der Waals surface area contributed by atoms with Crippen molar-refractivity contribution in [2.24, 2.45) is 0 Å². The Bertz CT molecular complexity index is 588. The summed E-state index contributed by atoms with van der Waals surface area (Å²) < 4.78 is 18.8. The molecule has 0 aliphatic rings. The van der Waals surface area contributed by atoms with Gasteiger partial charge in [-0.1, -0.05) is 24.3 Å². The van der Waals surface area contributed by atoms with E-state index >= 15 is 0 Å². The van der Waals surface area contributed by atoms with E-state index in [1.807, 2.05) is 44.2 Å². The predicted molar refractivity (Wildman–Crippen MR) is 81.9 cm³/mol. The van der Waals surface area contributed by atoms with E-state index in [1.165, 1.54) is 12.1 Å². The van der Waals surface area contributed by atoms with Gasteiger partial charge in [0.05, 0.1) is 11.7 Å². The van der Waals surface area contributed by atoms with Crippen LogP contribution in [0.2, 0.25) is 0 Å². The zero-order chi connectivity index (χ0) is 15.5. The molecule has 2 aromatic carbocycles. The molecule has 0 amide bonds. The van der Waals surface area contributed by atoms with Gasteiger partial charge in [-0.3, -0.25) is 0 Å². The van der Waals surface area contributed by atoms with Gasteiger partial charge in [0.25, 0.3) is 0 Å². The normalized spacial score (nSPS) is 14.0. The summed E-state index contributed by atoms with van der Waals surface area (Å²) in [6, 6.07) is 13.7. The van der Waals surface area contributed by atoms with Gasteiger partial charge < -0.3 is 9.84 Å². The van der Waals surface area contributed by atoms with E-state index in [-0.39, 0.29) is 11.9 Å². The van der Waals surface area contributed by atoms with Crippen molar-refractivity contribution in [2.45, 2.75) is 38.9 Å². The maximum absolute atomic E-state index is 13.2. The Kier molecular flexibility index (Phi) is 4.63. The molecule has 0 aliphatic heterocycles. The number of hydrogen-bond donors (Lipinski definition) is 1. The van der Waals surface area contributed by atoms with Crippen LogP contribution in [0, 0.1) is 5.82 Å². The molecule has 112 valence electrons. The lowest BCUT2D eigenvalue weighted by Crippen LogP contribution is -2.24. The van der Waals surface area contributed by atoms with Crippen LogP contribution in [0.3, 0.4) is 0 Å². The number of halogens is 1. The van der Waals surface area contributed by atoms with E-state index < -0.39 is 5.60 Å². The molecule has 0 spiro atoms. The number of aliphatic hydroxyl groups is 1. The summed E-state index contributed by atoms with van der Waals surface area (Å²) in [6.45, 7) is 5.66. The lowest BCUT2D eigenvalue weighted by Gasteiger charge is -2.24. The average molecular weight is 288 g/mol. The maximum atomic E-state index is 13.2. The van der Waals surface area contributed by atoms with Crippen LogP contribution in [0.1, 0.15) is 31.9 Å². The van der Waals surface area contributed by atoms with Gasteiger partial charge in [0, 0.05) is 6.42 Å². The first-order valence-electron chi connectivity index (χ1n) is 7.11. The van der Waals surface area contributed by atoms with E-state index in [9.17, 15) is 9.50 Å². The number of ether oxygens (including phenoxy) is 1. The molecule has 1 N–H and O–H groups in total. The molecule has 1 atom stereocenters. The summed E-state index contributed by atoms with van der Waals surface area (Å²) >= 11 is 0. The summed E-state index contributed by atoms with van der Waals surface area (Å²) in [7, 11) is 0. The molecule has 0 heterocycles. The van der Waals surface area contributed by atoms with Gasteiger partial charge in [-0.15, -0.1) is 0 Å². The van der Waals surface area contributed by atoms with Crippen LogP contribution in [0.15, 0.2) is 48.5 Å². The molecule has 2 nitrogen and oxygen atoms in total. The van der Waals surface area contributed by atoms with Gasteiger partial charge in [0.15, 0.2) is 0 Å². The molecule has 1 unspecified atom stereocenters. The Labute approximate surface area is 125 Å². The zero-order valence-electron chi connectivity index (χ0n) is 12.6. The molecule has 21 heavy (non-hydrogen) atoms. The average Bonchev–Trinajstić information content (AvgIpc) is 2.38. The zero-order valence-corrected chi connectivity index (χ0v) is 12.6. The largest absolute Gasteiger partial charge is 0.491 e. The highest BCUT2D eigenvalue weighted by Crippen LogP contribution is 2.27. The van der Waals surface area contributed by atoms with E-state index in [4.69, 9.17) is 4.74 Å². The third kappa shape index (κ3) is 4.30. The second kappa shape index (κ2) is 6.27. The molecule has 2 rings (SSSR count). The molecule has 2 aromatic rings. The Hall–Kier alpha value is -1.87. The van der Waals surface area contributed by atoms with Crippen molar-refractivity contribution in [2.75, 3.05) is 0 Å². The molecule has 0 saturated heterocycles. The molecule has 0 fully saturated rings. The predicted octanol–water partition coefficient (Wildman–Crippen LogP) is 4.06. The van der Waals surface area contributed by atoms with Crippen LogP contribution in [-0.4, -0.2) is 11.2 Å². The highest BCUT2D eigenvalue weighted by Gasteiger charge is 2.23. The summed E-state index contributed by atoms with van der Waals surface area (Å²) in [6.07, 6.45) is 0.471.